The van der Waals surface area contributed by atoms with E-state index in [4.69, 9.17) is 24.1 Å². The van der Waals surface area contributed by atoms with Crippen LogP contribution in [-0.2, 0) is 19.1 Å². The molecule has 1 aromatic carbocycles. The number of pyridine rings is 1. The van der Waals surface area contributed by atoms with Gasteiger partial charge in [0.1, 0.15) is 6.04 Å². The molecule has 0 saturated carbocycles. The predicted molar refractivity (Wildman–Crippen MR) is 151 cm³/mol. The minimum absolute atomic E-state index is 0. The minimum atomic E-state index is -0.883. The number of nitrogens with one attached hydrogen (secondary N) is 1. The van der Waals surface area contributed by atoms with Crippen LogP contribution >= 0.6 is 0 Å². The average molecular weight is 551 g/mol. The van der Waals surface area contributed by atoms with Crippen LogP contribution < -0.4 is 14.8 Å². The summed E-state index contributed by atoms with van der Waals surface area (Å²) in [6.45, 7) is 10.5. The van der Waals surface area contributed by atoms with Gasteiger partial charge in [-0.1, -0.05) is 62.6 Å². The number of aliphatic hydroxyl groups is 1. The number of unbranched alkanes of at least 4 members (excludes halogenated alkanes) is 1. The van der Waals surface area contributed by atoms with Crippen LogP contribution in [0.25, 0.3) is 0 Å². The monoisotopic (exact) mass is 550 g/mol. The van der Waals surface area contributed by atoms with Crippen molar-refractivity contribution >= 4 is 17.8 Å². The summed E-state index contributed by atoms with van der Waals surface area (Å²) in [7, 11) is 1.40. The molecule has 0 aliphatic carbocycles. The van der Waals surface area contributed by atoms with E-state index in [1.165, 1.54) is 38.8 Å². The molecule has 39 heavy (non-hydrogen) atoms. The van der Waals surface area contributed by atoms with Crippen molar-refractivity contribution < 1.29 is 39.9 Å². The van der Waals surface area contributed by atoms with E-state index >= 15 is 0 Å². The van der Waals surface area contributed by atoms with E-state index in [1.54, 1.807) is 0 Å². The van der Waals surface area contributed by atoms with Crippen LogP contribution in [0.4, 0.5) is 0 Å². The van der Waals surface area contributed by atoms with Crippen molar-refractivity contribution in [2.45, 2.75) is 79.4 Å². The van der Waals surface area contributed by atoms with Gasteiger partial charge in [0.05, 0.1) is 13.2 Å². The number of hydrogen-bond donors (Lipinski definition) is 2. The molecule has 0 unspecified atom stereocenters. The second-order valence-corrected chi connectivity index (χ2v) is 8.55. The van der Waals surface area contributed by atoms with Gasteiger partial charge in [0.2, 0.25) is 6.79 Å². The summed E-state index contributed by atoms with van der Waals surface area (Å²) in [5.74, 6) is -1.50. The molecule has 10 nitrogen and oxygen atoms in total. The van der Waals surface area contributed by atoms with Crippen molar-refractivity contribution in [1.29, 1.82) is 0 Å². The fourth-order valence-electron chi connectivity index (χ4n) is 2.77. The normalized spacial score (nSPS) is 11.3. The predicted octanol–water partition coefficient (Wildman–Crippen LogP) is 4.86. The van der Waals surface area contributed by atoms with Gasteiger partial charge in [-0.15, -0.1) is 0 Å². The Morgan fingerprint density at radius 2 is 1.72 bits per heavy atom. The Morgan fingerprint density at radius 3 is 2.21 bits per heavy atom. The van der Waals surface area contributed by atoms with Gasteiger partial charge in [0, 0.05) is 27.2 Å². The molecule has 0 spiro atoms. The molecule has 2 atom stereocenters. The molecule has 0 saturated heterocycles. The van der Waals surface area contributed by atoms with E-state index in [1.807, 2.05) is 32.0 Å². The fraction of sp³-hybridized carbons (Fsp3) is 0.517. The van der Waals surface area contributed by atoms with Gasteiger partial charge in [-0.3, -0.25) is 9.59 Å². The summed E-state index contributed by atoms with van der Waals surface area (Å²) in [6, 6.07) is 10.9. The second-order valence-electron chi connectivity index (χ2n) is 8.55. The number of ether oxygens (including phenoxy) is 4. The molecule has 0 aliphatic rings. The number of methoxy groups -OCH3 is 1. The second kappa shape index (κ2) is 21.3. The number of rotatable bonds is 12. The lowest BCUT2D eigenvalue weighted by atomic mass is 10.2. The molecule has 0 aliphatic heterocycles. The first-order valence-corrected chi connectivity index (χ1v) is 13.0. The van der Waals surface area contributed by atoms with E-state index < -0.39 is 30.7 Å². The van der Waals surface area contributed by atoms with E-state index in [0.29, 0.717) is 6.61 Å². The molecule has 1 aromatic heterocycles. The highest BCUT2D eigenvalue weighted by Crippen LogP contribution is 2.29. The molecule has 0 fully saturated rings. The Kier molecular flexibility index (Phi) is 19.3. The zero-order chi connectivity index (χ0) is 29.6. The third-order valence-corrected chi connectivity index (χ3v) is 4.92. The number of esters is 2. The van der Waals surface area contributed by atoms with Gasteiger partial charge in [-0.05, 0) is 33.6 Å². The summed E-state index contributed by atoms with van der Waals surface area (Å²) in [6.07, 6.45) is 4.72. The van der Waals surface area contributed by atoms with E-state index in [2.05, 4.69) is 36.3 Å². The maximum atomic E-state index is 12.6. The van der Waals surface area contributed by atoms with Crippen molar-refractivity contribution in [3.8, 4) is 11.5 Å². The number of carbonyl (C=O) groups excluding carboxylic acids is 3. The highest BCUT2D eigenvalue weighted by molar-refractivity contribution is 5.98. The molecular formula is C29H46N2O8. The van der Waals surface area contributed by atoms with Crippen LogP contribution in [0.1, 0.15) is 77.8 Å². The summed E-state index contributed by atoms with van der Waals surface area (Å²) in [5, 5.41) is 10.4. The Bertz CT molecular complexity index is 974. The molecular weight excluding hydrogens is 504 g/mol. The number of benzene rings is 1. The van der Waals surface area contributed by atoms with Gasteiger partial charge in [-0.2, -0.15) is 0 Å². The smallest absolute Gasteiger partial charge is 0.328 e. The highest BCUT2D eigenvalue weighted by atomic mass is 16.7. The summed E-state index contributed by atoms with van der Waals surface area (Å²) < 4.78 is 20.5. The van der Waals surface area contributed by atoms with Crippen molar-refractivity contribution in [2.24, 2.45) is 0 Å². The summed E-state index contributed by atoms with van der Waals surface area (Å²) >= 11 is 0. The lowest BCUT2D eigenvalue weighted by Crippen LogP contribution is -2.41. The Balaban J connectivity index is 0. The number of aliphatic hydroxyl groups excluding tert-OH is 1. The number of aryl methyl sites for hydroxylation is 1. The molecule has 220 valence electrons. The number of aromatic nitrogens is 1. The largest absolute Gasteiger partial charge is 0.493 e. The zero-order valence-corrected chi connectivity index (χ0v) is 24.2. The topological polar surface area (TPSA) is 133 Å². The molecule has 10 heteroatoms. The molecule has 1 amide bonds. The van der Waals surface area contributed by atoms with Crippen molar-refractivity contribution in [2.75, 3.05) is 20.5 Å². The SMILES string of the molecule is CCCC[C@H](C)OC(=O)[C@@H](C)NC(=O)c1nccc(OC)c1OCOC(C)=O.CCCO.Cc1ccccc1.[HH]. The van der Waals surface area contributed by atoms with Crippen LogP contribution in [0.3, 0.4) is 0 Å². The number of hydrogen-bond acceptors (Lipinski definition) is 9. The van der Waals surface area contributed by atoms with Crippen molar-refractivity contribution in [3.63, 3.8) is 0 Å². The summed E-state index contributed by atoms with van der Waals surface area (Å²) in [5.41, 5.74) is 1.22. The zero-order valence-electron chi connectivity index (χ0n) is 24.2. The van der Waals surface area contributed by atoms with Crippen LogP contribution in [0, 0.1) is 6.92 Å². The van der Waals surface area contributed by atoms with Gasteiger partial charge >= 0.3 is 11.9 Å². The summed E-state index contributed by atoms with van der Waals surface area (Å²) in [4.78, 5) is 39.6. The number of nitrogens with zero attached hydrogens (tertiary/aromatic N) is 1. The molecule has 2 rings (SSSR count). The number of carbonyl (C=O) groups is 3. The van der Waals surface area contributed by atoms with E-state index in [-0.39, 0.29) is 24.7 Å². The van der Waals surface area contributed by atoms with E-state index in [9.17, 15) is 14.4 Å². The molecule has 1 heterocycles. The third kappa shape index (κ3) is 16.0. The molecule has 0 bridgehead atoms. The van der Waals surface area contributed by atoms with Gasteiger partial charge in [0.15, 0.2) is 17.2 Å². The van der Waals surface area contributed by atoms with Crippen molar-refractivity contribution in [3.05, 3.63) is 53.9 Å². The molecule has 2 N–H and O–H groups in total. The van der Waals surface area contributed by atoms with E-state index in [0.717, 1.165) is 25.7 Å². The van der Waals surface area contributed by atoms with Gasteiger partial charge in [0.25, 0.3) is 5.91 Å². The van der Waals surface area contributed by atoms with Crippen LogP contribution in [-0.4, -0.2) is 60.6 Å². The first-order chi connectivity index (χ1) is 18.6. The Morgan fingerprint density at radius 1 is 1.08 bits per heavy atom. The fourth-order valence-corrected chi connectivity index (χ4v) is 2.77. The van der Waals surface area contributed by atoms with Crippen LogP contribution in [0.2, 0.25) is 0 Å². The maximum Gasteiger partial charge on any atom is 0.328 e. The average Bonchev–Trinajstić information content (AvgIpc) is 2.92. The minimum Gasteiger partial charge on any atom is -0.493 e. The first-order valence-electron chi connectivity index (χ1n) is 13.0. The van der Waals surface area contributed by atoms with Gasteiger partial charge in [-0.25, -0.2) is 9.78 Å². The van der Waals surface area contributed by atoms with Crippen molar-refractivity contribution in [1.82, 2.24) is 10.3 Å². The van der Waals surface area contributed by atoms with Gasteiger partial charge < -0.3 is 29.4 Å². The Labute approximate surface area is 233 Å². The lowest BCUT2D eigenvalue weighted by Gasteiger charge is -2.18. The highest BCUT2D eigenvalue weighted by Gasteiger charge is 2.24. The quantitative estimate of drug-likeness (QED) is 0.281. The maximum absolute atomic E-state index is 12.6. The molecule has 2 aromatic rings. The standard InChI is InChI=1S/C19H28N2O7.C7H8.C3H8O.H2/c1-6-7-8-12(2)28-19(24)13(3)21-18(23)16-17(27-11-26-14(4)22)15(25-5)9-10-20-16;1-7-5-3-2-4-6-7;1-2-3-4;/h9-10,12-13H,6-8,11H2,1-5H3,(H,21,23);2-6H,1H3;4H,2-3H2,1H3;1H/t12-,13+;;;/m0.../s1. The Hall–Kier alpha value is -3.66. The molecule has 0 radical (unpaired) electrons. The first kappa shape index (κ1) is 35.3. The lowest BCUT2D eigenvalue weighted by molar-refractivity contribution is -0.150. The number of amides is 1. The third-order valence-electron chi connectivity index (χ3n) is 4.92. The van der Waals surface area contributed by atoms with Crippen LogP contribution in [0.15, 0.2) is 42.6 Å². The van der Waals surface area contributed by atoms with Crippen LogP contribution in [0.5, 0.6) is 11.5 Å².